The van der Waals surface area contributed by atoms with Gasteiger partial charge in [-0.1, -0.05) is 0 Å². The van der Waals surface area contributed by atoms with Crippen LogP contribution >= 0.6 is 0 Å². The molecule has 0 unspecified atom stereocenters. The van der Waals surface area contributed by atoms with Gasteiger partial charge in [0.25, 0.3) is 0 Å². The highest BCUT2D eigenvalue weighted by Crippen LogP contribution is 2.16. The standard InChI is InChI=1S/C16H28N2O8/c1-15(2,3)25-13(21)17(9-11(19)23-7)18(10-12(20)24-8)14(22)26-16(4,5)6/h9-10H2,1-8H3. The van der Waals surface area contributed by atoms with Crippen LogP contribution in [0.5, 0.6) is 0 Å². The Labute approximate surface area is 153 Å². The number of hydrogen-bond acceptors (Lipinski definition) is 8. The molecule has 26 heavy (non-hydrogen) atoms. The maximum absolute atomic E-state index is 12.5. The van der Waals surface area contributed by atoms with Crippen LogP contribution in [0.15, 0.2) is 0 Å². The average molecular weight is 376 g/mol. The van der Waals surface area contributed by atoms with E-state index in [0.717, 1.165) is 14.2 Å². The van der Waals surface area contributed by atoms with Crippen molar-refractivity contribution in [2.24, 2.45) is 0 Å². The highest BCUT2D eigenvalue weighted by Gasteiger charge is 2.36. The highest BCUT2D eigenvalue weighted by molar-refractivity contribution is 5.83. The summed E-state index contributed by atoms with van der Waals surface area (Å²) in [5, 5.41) is 1.28. The van der Waals surface area contributed by atoms with Crippen molar-refractivity contribution in [2.45, 2.75) is 52.7 Å². The van der Waals surface area contributed by atoms with Crippen LogP contribution in [0.25, 0.3) is 0 Å². The second-order valence-corrected chi connectivity index (χ2v) is 7.23. The molecular formula is C16H28N2O8. The fourth-order valence-corrected chi connectivity index (χ4v) is 1.50. The third-order valence-corrected chi connectivity index (χ3v) is 2.51. The molecule has 0 atom stereocenters. The number of methoxy groups -OCH3 is 2. The number of esters is 2. The summed E-state index contributed by atoms with van der Waals surface area (Å²) in [5.74, 6) is -1.65. The minimum absolute atomic E-state index is 0.641. The maximum atomic E-state index is 12.5. The van der Waals surface area contributed by atoms with Gasteiger partial charge >= 0.3 is 24.1 Å². The molecule has 0 aliphatic heterocycles. The number of hydrazine groups is 1. The lowest BCUT2D eigenvalue weighted by Crippen LogP contribution is -2.56. The first-order chi connectivity index (χ1) is 11.7. The van der Waals surface area contributed by atoms with Crippen molar-refractivity contribution in [2.75, 3.05) is 27.3 Å². The van der Waals surface area contributed by atoms with Crippen molar-refractivity contribution < 1.29 is 38.1 Å². The van der Waals surface area contributed by atoms with Gasteiger partial charge in [-0.3, -0.25) is 9.59 Å². The molecule has 0 aromatic carbocycles. The van der Waals surface area contributed by atoms with Crippen LogP contribution in [0.3, 0.4) is 0 Å². The van der Waals surface area contributed by atoms with Crippen LogP contribution in [0.2, 0.25) is 0 Å². The fourth-order valence-electron chi connectivity index (χ4n) is 1.50. The van der Waals surface area contributed by atoms with E-state index in [1.165, 1.54) is 0 Å². The van der Waals surface area contributed by atoms with Crippen LogP contribution < -0.4 is 0 Å². The van der Waals surface area contributed by atoms with Crippen LogP contribution in [-0.2, 0) is 28.5 Å². The van der Waals surface area contributed by atoms with Gasteiger partial charge in [0.05, 0.1) is 14.2 Å². The molecule has 0 aromatic heterocycles. The quantitative estimate of drug-likeness (QED) is 0.414. The number of nitrogens with zero attached hydrogens (tertiary/aromatic N) is 2. The molecule has 0 aromatic rings. The molecule has 0 aliphatic rings. The first-order valence-electron chi connectivity index (χ1n) is 7.84. The number of hydrogen-bond donors (Lipinski definition) is 0. The predicted molar refractivity (Wildman–Crippen MR) is 89.9 cm³/mol. The topological polar surface area (TPSA) is 112 Å². The Morgan fingerprint density at radius 2 is 0.923 bits per heavy atom. The maximum Gasteiger partial charge on any atom is 0.430 e. The van der Waals surface area contributed by atoms with Crippen LogP contribution in [0, 0.1) is 0 Å². The molecule has 10 heteroatoms. The lowest BCUT2D eigenvalue weighted by Gasteiger charge is -2.35. The largest absolute Gasteiger partial charge is 0.468 e. The molecule has 0 spiro atoms. The van der Waals surface area contributed by atoms with Gasteiger partial charge in [0, 0.05) is 0 Å². The molecule has 0 fully saturated rings. The fraction of sp³-hybridized carbons (Fsp3) is 0.750. The number of ether oxygens (including phenoxy) is 4. The van der Waals surface area contributed by atoms with Crippen LogP contribution in [0.4, 0.5) is 9.59 Å². The second kappa shape index (κ2) is 9.25. The predicted octanol–water partition coefficient (Wildman–Crippen LogP) is 1.72. The van der Waals surface area contributed by atoms with Gasteiger partial charge in [-0.25, -0.2) is 19.6 Å². The first kappa shape index (κ1) is 23.5. The van der Waals surface area contributed by atoms with E-state index in [-0.39, 0.29) is 0 Å². The van der Waals surface area contributed by atoms with Gasteiger partial charge in [-0.2, -0.15) is 0 Å². The summed E-state index contributed by atoms with van der Waals surface area (Å²) in [6, 6.07) is 0. The Bertz CT molecular complexity index is 485. The van der Waals surface area contributed by atoms with Crippen molar-refractivity contribution in [3.05, 3.63) is 0 Å². The summed E-state index contributed by atoms with van der Waals surface area (Å²) in [5.41, 5.74) is -1.81. The molecule has 0 N–H and O–H groups in total. The second-order valence-electron chi connectivity index (χ2n) is 7.23. The summed E-state index contributed by atoms with van der Waals surface area (Å²) in [4.78, 5) is 48.4. The van der Waals surface area contributed by atoms with E-state index in [0.29, 0.717) is 10.0 Å². The Hall–Kier alpha value is -2.52. The Kier molecular flexibility index (Phi) is 8.36. The van der Waals surface area contributed by atoms with Crippen molar-refractivity contribution in [3.8, 4) is 0 Å². The molecule has 0 bridgehead atoms. The Morgan fingerprint density at radius 3 is 1.12 bits per heavy atom. The summed E-state index contributed by atoms with van der Waals surface area (Å²) in [6.07, 6.45) is -2.06. The molecule has 0 saturated carbocycles. The minimum Gasteiger partial charge on any atom is -0.468 e. The number of carbonyl (C=O) groups is 4. The van der Waals surface area contributed by atoms with Gasteiger partial charge < -0.3 is 18.9 Å². The van der Waals surface area contributed by atoms with Crippen LogP contribution in [-0.4, -0.2) is 72.7 Å². The van der Waals surface area contributed by atoms with Gasteiger partial charge in [0.1, 0.15) is 24.3 Å². The van der Waals surface area contributed by atoms with E-state index in [1.807, 2.05) is 0 Å². The lowest BCUT2D eigenvalue weighted by atomic mass is 10.2. The summed E-state index contributed by atoms with van der Waals surface area (Å²) < 4.78 is 19.5. The minimum atomic E-state index is -1.03. The zero-order valence-corrected chi connectivity index (χ0v) is 16.6. The molecule has 0 heterocycles. The number of carbonyl (C=O) groups excluding carboxylic acids is 4. The summed E-state index contributed by atoms with van der Waals surface area (Å²) in [6.45, 7) is 8.33. The highest BCUT2D eigenvalue weighted by atomic mass is 16.6. The molecule has 2 amide bonds. The summed E-state index contributed by atoms with van der Waals surface area (Å²) in [7, 11) is 2.24. The van der Waals surface area contributed by atoms with E-state index in [4.69, 9.17) is 9.47 Å². The monoisotopic (exact) mass is 376 g/mol. The molecule has 0 radical (unpaired) electrons. The van der Waals surface area contributed by atoms with Gasteiger partial charge in [0.2, 0.25) is 0 Å². The normalized spacial score (nSPS) is 11.2. The zero-order chi connectivity index (χ0) is 20.7. The molecule has 150 valence electrons. The molecule has 0 rings (SSSR count). The zero-order valence-electron chi connectivity index (χ0n) is 16.6. The van der Waals surface area contributed by atoms with E-state index in [1.54, 1.807) is 41.5 Å². The Balaban J connectivity index is 5.80. The molecule has 10 nitrogen and oxygen atoms in total. The first-order valence-corrected chi connectivity index (χ1v) is 7.84. The molecule has 0 saturated heterocycles. The third-order valence-electron chi connectivity index (χ3n) is 2.51. The van der Waals surface area contributed by atoms with Crippen molar-refractivity contribution in [1.82, 2.24) is 10.0 Å². The van der Waals surface area contributed by atoms with Crippen molar-refractivity contribution in [3.63, 3.8) is 0 Å². The SMILES string of the molecule is COC(=O)CN(C(=O)OC(C)(C)C)N(CC(=O)OC)C(=O)OC(C)(C)C. The molecular weight excluding hydrogens is 348 g/mol. The smallest absolute Gasteiger partial charge is 0.430 e. The van der Waals surface area contributed by atoms with Gasteiger partial charge in [-0.05, 0) is 41.5 Å². The van der Waals surface area contributed by atoms with Gasteiger partial charge in [0.15, 0.2) is 0 Å². The third kappa shape index (κ3) is 9.09. The average Bonchev–Trinajstić information content (AvgIpc) is 2.46. The molecule has 0 aliphatic carbocycles. The van der Waals surface area contributed by atoms with E-state index in [2.05, 4.69) is 9.47 Å². The number of rotatable bonds is 4. The van der Waals surface area contributed by atoms with E-state index >= 15 is 0 Å². The van der Waals surface area contributed by atoms with E-state index in [9.17, 15) is 19.2 Å². The van der Waals surface area contributed by atoms with Crippen molar-refractivity contribution in [1.29, 1.82) is 0 Å². The Morgan fingerprint density at radius 1 is 0.654 bits per heavy atom. The summed E-state index contributed by atoms with van der Waals surface area (Å²) >= 11 is 0. The van der Waals surface area contributed by atoms with Gasteiger partial charge in [-0.15, -0.1) is 0 Å². The number of amides is 2. The van der Waals surface area contributed by atoms with Crippen molar-refractivity contribution >= 4 is 24.1 Å². The van der Waals surface area contributed by atoms with Crippen LogP contribution in [0.1, 0.15) is 41.5 Å². The van der Waals surface area contributed by atoms with E-state index < -0.39 is 48.4 Å². The lowest BCUT2D eigenvalue weighted by molar-refractivity contribution is -0.153.